The normalized spacial score (nSPS) is 24.3. The number of rotatable bonds is 1. The summed E-state index contributed by atoms with van der Waals surface area (Å²) in [6.45, 7) is 5.48. The molecule has 0 aliphatic carbocycles. The molecule has 1 N–H and O–H groups in total. The van der Waals surface area contributed by atoms with E-state index in [-0.39, 0.29) is 5.91 Å². The first-order valence-electron chi connectivity index (χ1n) is 3.56. The summed E-state index contributed by atoms with van der Waals surface area (Å²) in [4.78, 5) is 10.9. The molecule has 1 rings (SSSR count). The fourth-order valence-corrected chi connectivity index (χ4v) is 1.09. The summed E-state index contributed by atoms with van der Waals surface area (Å²) in [5.41, 5.74) is 1.93. The maximum atomic E-state index is 10.9. The van der Waals surface area contributed by atoms with Crippen molar-refractivity contribution in [3.63, 3.8) is 0 Å². The van der Waals surface area contributed by atoms with E-state index in [4.69, 9.17) is 0 Å². The summed E-state index contributed by atoms with van der Waals surface area (Å²) < 4.78 is 0. The molecule has 2 nitrogen and oxygen atoms in total. The van der Waals surface area contributed by atoms with Crippen LogP contribution in [0.15, 0.2) is 36.1 Å². The van der Waals surface area contributed by atoms with E-state index in [1.807, 2.05) is 19.1 Å². The van der Waals surface area contributed by atoms with Crippen molar-refractivity contribution in [1.82, 2.24) is 5.32 Å². The minimum atomic E-state index is 0.0613. The Labute approximate surface area is 66.3 Å². The standard InChI is InChI=1S/C9H11NO/c1-3-5-7-6-9(11)10-8(7)4-2/h3-5H,1,6H2,2H3,(H,10,11)/b7-5-,8-4+. The van der Waals surface area contributed by atoms with Crippen LogP contribution in [0.25, 0.3) is 0 Å². The number of carbonyl (C=O) groups is 1. The molecule has 11 heavy (non-hydrogen) atoms. The van der Waals surface area contributed by atoms with Crippen LogP contribution in [-0.4, -0.2) is 5.91 Å². The molecule has 0 aromatic rings. The zero-order valence-corrected chi connectivity index (χ0v) is 6.55. The van der Waals surface area contributed by atoms with Gasteiger partial charge in [0.25, 0.3) is 0 Å². The maximum absolute atomic E-state index is 10.9. The monoisotopic (exact) mass is 149 g/mol. The number of hydrogen-bond acceptors (Lipinski definition) is 1. The van der Waals surface area contributed by atoms with Crippen LogP contribution in [0.5, 0.6) is 0 Å². The zero-order chi connectivity index (χ0) is 8.27. The van der Waals surface area contributed by atoms with Gasteiger partial charge in [-0.15, -0.1) is 0 Å². The molecular weight excluding hydrogens is 138 g/mol. The third-order valence-corrected chi connectivity index (χ3v) is 1.58. The lowest BCUT2D eigenvalue weighted by Gasteiger charge is -1.94. The van der Waals surface area contributed by atoms with E-state index < -0.39 is 0 Å². The number of nitrogens with one attached hydrogen (secondary N) is 1. The van der Waals surface area contributed by atoms with Crippen molar-refractivity contribution in [2.75, 3.05) is 0 Å². The van der Waals surface area contributed by atoms with Crippen LogP contribution < -0.4 is 5.32 Å². The maximum Gasteiger partial charge on any atom is 0.228 e. The second-order valence-corrected chi connectivity index (χ2v) is 2.35. The summed E-state index contributed by atoms with van der Waals surface area (Å²) >= 11 is 0. The summed E-state index contributed by atoms with van der Waals surface area (Å²) in [5.74, 6) is 0.0613. The summed E-state index contributed by atoms with van der Waals surface area (Å²) in [5, 5.41) is 2.74. The topological polar surface area (TPSA) is 29.1 Å². The molecule has 2 heteroatoms. The van der Waals surface area contributed by atoms with Gasteiger partial charge in [0.2, 0.25) is 5.91 Å². The molecule has 0 aromatic heterocycles. The first-order valence-corrected chi connectivity index (χ1v) is 3.56. The highest BCUT2D eigenvalue weighted by atomic mass is 16.1. The van der Waals surface area contributed by atoms with Crippen molar-refractivity contribution in [2.45, 2.75) is 13.3 Å². The lowest BCUT2D eigenvalue weighted by atomic mass is 10.1. The van der Waals surface area contributed by atoms with Gasteiger partial charge >= 0.3 is 0 Å². The number of hydrogen-bond donors (Lipinski definition) is 1. The van der Waals surface area contributed by atoms with Crippen LogP contribution >= 0.6 is 0 Å². The number of amides is 1. The molecule has 1 saturated heterocycles. The van der Waals surface area contributed by atoms with Gasteiger partial charge in [-0.1, -0.05) is 24.8 Å². The minimum absolute atomic E-state index is 0.0613. The number of allylic oxidation sites excluding steroid dienone is 4. The van der Waals surface area contributed by atoms with Gasteiger partial charge in [0.1, 0.15) is 0 Å². The summed E-state index contributed by atoms with van der Waals surface area (Å²) in [6.07, 6.45) is 5.91. The van der Waals surface area contributed by atoms with Gasteiger partial charge in [-0.25, -0.2) is 0 Å². The average Bonchev–Trinajstić information content (AvgIpc) is 2.32. The van der Waals surface area contributed by atoms with Gasteiger partial charge < -0.3 is 5.32 Å². The lowest BCUT2D eigenvalue weighted by Crippen LogP contribution is -2.11. The second kappa shape index (κ2) is 3.19. The van der Waals surface area contributed by atoms with Gasteiger partial charge in [-0.05, 0) is 12.5 Å². The Morgan fingerprint density at radius 3 is 2.91 bits per heavy atom. The Hall–Kier alpha value is -1.31. The first kappa shape index (κ1) is 7.79. The fourth-order valence-electron chi connectivity index (χ4n) is 1.09. The van der Waals surface area contributed by atoms with Gasteiger partial charge in [-0.2, -0.15) is 0 Å². The second-order valence-electron chi connectivity index (χ2n) is 2.35. The van der Waals surface area contributed by atoms with Crippen molar-refractivity contribution in [1.29, 1.82) is 0 Å². The highest BCUT2D eigenvalue weighted by Crippen LogP contribution is 2.18. The molecule has 0 spiro atoms. The van der Waals surface area contributed by atoms with E-state index in [1.54, 1.807) is 6.08 Å². The van der Waals surface area contributed by atoms with Crippen molar-refractivity contribution in [3.05, 3.63) is 36.1 Å². The van der Waals surface area contributed by atoms with Gasteiger partial charge in [0.05, 0.1) is 6.42 Å². The van der Waals surface area contributed by atoms with Crippen LogP contribution in [-0.2, 0) is 4.79 Å². The Kier molecular flexibility index (Phi) is 2.26. The van der Waals surface area contributed by atoms with E-state index in [9.17, 15) is 4.79 Å². The Balaban J connectivity index is 2.89. The highest BCUT2D eigenvalue weighted by molar-refractivity contribution is 5.86. The number of carbonyl (C=O) groups excluding carboxylic acids is 1. The quantitative estimate of drug-likeness (QED) is 0.601. The SMILES string of the molecule is C=C/C=C1/CC(=O)N/C1=C/C. The summed E-state index contributed by atoms with van der Waals surface area (Å²) in [7, 11) is 0. The predicted molar refractivity (Wildman–Crippen MR) is 44.8 cm³/mol. The van der Waals surface area contributed by atoms with Crippen molar-refractivity contribution < 1.29 is 4.79 Å². The van der Waals surface area contributed by atoms with Crippen LogP contribution in [0.2, 0.25) is 0 Å². The molecule has 0 bridgehead atoms. The molecule has 0 aromatic carbocycles. The molecule has 1 fully saturated rings. The minimum Gasteiger partial charge on any atom is -0.326 e. The molecule has 58 valence electrons. The third-order valence-electron chi connectivity index (χ3n) is 1.58. The van der Waals surface area contributed by atoms with E-state index in [2.05, 4.69) is 11.9 Å². The van der Waals surface area contributed by atoms with E-state index >= 15 is 0 Å². The average molecular weight is 149 g/mol. The fraction of sp³-hybridized carbons (Fsp3) is 0.222. The molecule has 1 heterocycles. The predicted octanol–water partition coefficient (Wildman–Crippen LogP) is 1.52. The van der Waals surface area contributed by atoms with E-state index in [0.29, 0.717) is 6.42 Å². The van der Waals surface area contributed by atoms with Crippen molar-refractivity contribution in [2.24, 2.45) is 0 Å². The molecule has 0 atom stereocenters. The summed E-state index contributed by atoms with van der Waals surface area (Å²) in [6, 6.07) is 0. The molecule has 0 radical (unpaired) electrons. The van der Waals surface area contributed by atoms with Gasteiger partial charge in [0.15, 0.2) is 0 Å². The van der Waals surface area contributed by atoms with Crippen LogP contribution in [0.3, 0.4) is 0 Å². The van der Waals surface area contributed by atoms with Gasteiger partial charge in [0, 0.05) is 5.70 Å². The molecule has 0 unspecified atom stereocenters. The Morgan fingerprint density at radius 1 is 1.64 bits per heavy atom. The van der Waals surface area contributed by atoms with Crippen LogP contribution in [0, 0.1) is 0 Å². The van der Waals surface area contributed by atoms with Gasteiger partial charge in [-0.3, -0.25) is 4.79 Å². The smallest absolute Gasteiger partial charge is 0.228 e. The van der Waals surface area contributed by atoms with Crippen molar-refractivity contribution in [3.8, 4) is 0 Å². The third kappa shape index (κ3) is 1.58. The highest BCUT2D eigenvalue weighted by Gasteiger charge is 2.18. The lowest BCUT2D eigenvalue weighted by molar-refractivity contribution is -0.118. The van der Waals surface area contributed by atoms with E-state index in [1.165, 1.54) is 0 Å². The molecule has 1 aliphatic heterocycles. The van der Waals surface area contributed by atoms with E-state index in [0.717, 1.165) is 11.3 Å². The molecular formula is C9H11NO. The van der Waals surface area contributed by atoms with Crippen LogP contribution in [0.1, 0.15) is 13.3 Å². The van der Waals surface area contributed by atoms with Crippen LogP contribution in [0.4, 0.5) is 0 Å². The largest absolute Gasteiger partial charge is 0.326 e. The first-order chi connectivity index (χ1) is 5.27. The zero-order valence-electron chi connectivity index (χ0n) is 6.55. The molecule has 1 aliphatic rings. The van der Waals surface area contributed by atoms with Crippen molar-refractivity contribution >= 4 is 5.91 Å². The Morgan fingerprint density at radius 2 is 2.36 bits per heavy atom. The molecule has 1 amide bonds. The Bertz CT molecular complexity index is 248. The molecule has 0 saturated carbocycles.